The number of rotatable bonds is 12. The van der Waals surface area contributed by atoms with Crippen LogP contribution in [0.4, 0.5) is 10.8 Å². The molecule has 8 nitrogen and oxygen atoms in total. The van der Waals surface area contributed by atoms with Crippen LogP contribution in [0.25, 0.3) is 6.08 Å². The minimum Gasteiger partial charge on any atom is -0.321 e. The quantitative estimate of drug-likeness (QED) is 0.111. The van der Waals surface area contributed by atoms with E-state index < -0.39 is 11.8 Å². The SMILES string of the molecule is CCSc1nsc(NC(=O)C(CC)Sc2cccc(NC(=O)/C(=C/c3ccc(Cl)cc3)NC(=O)c3ccccc3)c2)n1. The second-order valence-electron chi connectivity index (χ2n) is 8.73. The van der Waals surface area contributed by atoms with Crippen LogP contribution >= 0.6 is 46.7 Å². The summed E-state index contributed by atoms with van der Waals surface area (Å²) in [6, 6.07) is 22.8. The Hall–Kier alpha value is -3.64. The lowest BCUT2D eigenvalue weighted by atomic mass is 10.1. The Balaban J connectivity index is 1.47. The van der Waals surface area contributed by atoms with Crippen LogP contribution in [-0.4, -0.2) is 38.1 Å². The number of nitrogens with zero attached hydrogens (tertiary/aromatic N) is 2. The van der Waals surface area contributed by atoms with Gasteiger partial charge in [-0.25, -0.2) is 0 Å². The van der Waals surface area contributed by atoms with Crippen molar-refractivity contribution >= 4 is 81.3 Å². The zero-order chi connectivity index (χ0) is 29.9. The topological polar surface area (TPSA) is 113 Å². The Bertz CT molecular complexity index is 1560. The van der Waals surface area contributed by atoms with Crippen LogP contribution in [0.15, 0.2) is 94.6 Å². The van der Waals surface area contributed by atoms with Crippen LogP contribution in [0.5, 0.6) is 0 Å². The number of carbonyl (C=O) groups excluding carboxylic acids is 3. The molecule has 42 heavy (non-hydrogen) atoms. The zero-order valence-electron chi connectivity index (χ0n) is 22.8. The molecule has 12 heteroatoms. The Morgan fingerprint density at radius 3 is 2.45 bits per heavy atom. The van der Waals surface area contributed by atoms with E-state index in [1.165, 1.54) is 23.5 Å². The first-order chi connectivity index (χ1) is 20.3. The summed E-state index contributed by atoms with van der Waals surface area (Å²) >= 11 is 10.1. The van der Waals surface area contributed by atoms with E-state index >= 15 is 0 Å². The molecule has 0 aliphatic heterocycles. The molecule has 0 aliphatic carbocycles. The molecule has 0 radical (unpaired) electrons. The largest absolute Gasteiger partial charge is 0.321 e. The van der Waals surface area contributed by atoms with Crippen LogP contribution in [0.1, 0.15) is 36.2 Å². The number of amides is 3. The van der Waals surface area contributed by atoms with Gasteiger partial charge < -0.3 is 10.6 Å². The molecule has 0 bridgehead atoms. The Morgan fingerprint density at radius 1 is 0.976 bits per heavy atom. The molecule has 1 aromatic heterocycles. The predicted octanol–water partition coefficient (Wildman–Crippen LogP) is 7.22. The molecule has 3 amide bonds. The third kappa shape index (κ3) is 9.18. The fourth-order valence-electron chi connectivity index (χ4n) is 3.63. The van der Waals surface area contributed by atoms with E-state index in [1.54, 1.807) is 72.8 Å². The van der Waals surface area contributed by atoms with Gasteiger partial charge in [0.05, 0.1) is 5.25 Å². The number of anilines is 2. The fourth-order valence-corrected chi connectivity index (χ4v) is 6.05. The van der Waals surface area contributed by atoms with Crippen LogP contribution in [0, 0.1) is 0 Å². The van der Waals surface area contributed by atoms with E-state index in [1.807, 2.05) is 26.0 Å². The number of benzene rings is 3. The molecule has 0 aliphatic rings. The third-order valence-corrected chi connectivity index (χ3v) is 8.74. The smallest absolute Gasteiger partial charge is 0.272 e. The number of carbonyl (C=O) groups is 3. The van der Waals surface area contributed by atoms with Crippen LogP contribution in [0.3, 0.4) is 0 Å². The molecule has 0 fully saturated rings. The molecule has 1 atom stereocenters. The van der Waals surface area contributed by atoms with Gasteiger partial charge in [-0.05, 0) is 66.3 Å². The van der Waals surface area contributed by atoms with E-state index in [0.29, 0.717) is 38.5 Å². The molecule has 1 heterocycles. The Morgan fingerprint density at radius 2 is 1.74 bits per heavy atom. The molecule has 1 unspecified atom stereocenters. The van der Waals surface area contributed by atoms with Gasteiger partial charge in [0, 0.05) is 32.7 Å². The normalized spacial score (nSPS) is 11.9. The molecular weight excluding hydrogens is 610 g/mol. The number of thioether (sulfide) groups is 2. The molecule has 4 aromatic rings. The van der Waals surface area contributed by atoms with Crippen LogP contribution in [-0.2, 0) is 9.59 Å². The maximum absolute atomic E-state index is 13.4. The summed E-state index contributed by atoms with van der Waals surface area (Å²) in [7, 11) is 0. The summed E-state index contributed by atoms with van der Waals surface area (Å²) in [5.74, 6) is -0.235. The second kappa shape index (κ2) is 15.5. The molecule has 3 aromatic carbocycles. The average molecular weight is 638 g/mol. The lowest BCUT2D eigenvalue weighted by Gasteiger charge is -2.15. The van der Waals surface area contributed by atoms with Crippen molar-refractivity contribution in [3.05, 3.63) is 101 Å². The summed E-state index contributed by atoms with van der Waals surface area (Å²) in [6.07, 6.45) is 2.17. The van der Waals surface area contributed by atoms with E-state index in [9.17, 15) is 14.4 Å². The third-order valence-electron chi connectivity index (χ3n) is 5.65. The van der Waals surface area contributed by atoms with E-state index in [2.05, 4.69) is 25.3 Å². The summed E-state index contributed by atoms with van der Waals surface area (Å²) in [5, 5.41) is 9.74. The van der Waals surface area contributed by atoms with Crippen molar-refractivity contribution in [3.8, 4) is 0 Å². The van der Waals surface area contributed by atoms with Gasteiger partial charge in [-0.15, -0.1) is 11.8 Å². The van der Waals surface area contributed by atoms with Crippen molar-refractivity contribution < 1.29 is 14.4 Å². The molecule has 0 saturated carbocycles. The first-order valence-corrected chi connectivity index (χ1v) is 16.1. The minimum absolute atomic E-state index is 0.0627. The van der Waals surface area contributed by atoms with E-state index in [4.69, 9.17) is 11.6 Å². The molecule has 0 spiro atoms. The highest BCUT2D eigenvalue weighted by Gasteiger charge is 2.21. The van der Waals surface area contributed by atoms with Gasteiger partial charge in [0.2, 0.25) is 16.2 Å². The van der Waals surface area contributed by atoms with Crippen LogP contribution in [0.2, 0.25) is 5.02 Å². The van der Waals surface area contributed by atoms with Gasteiger partial charge >= 0.3 is 0 Å². The highest BCUT2D eigenvalue weighted by atomic mass is 35.5. The van der Waals surface area contributed by atoms with Gasteiger partial charge in [0.1, 0.15) is 5.70 Å². The summed E-state index contributed by atoms with van der Waals surface area (Å²) in [6.45, 7) is 3.95. The lowest BCUT2D eigenvalue weighted by Crippen LogP contribution is -2.30. The highest BCUT2D eigenvalue weighted by Crippen LogP contribution is 2.29. The molecule has 3 N–H and O–H groups in total. The van der Waals surface area contributed by atoms with Crippen molar-refractivity contribution in [2.75, 3.05) is 16.4 Å². The van der Waals surface area contributed by atoms with Gasteiger partial charge in [0.25, 0.3) is 11.8 Å². The van der Waals surface area contributed by atoms with Crippen molar-refractivity contribution in [1.82, 2.24) is 14.7 Å². The minimum atomic E-state index is -0.502. The van der Waals surface area contributed by atoms with Crippen molar-refractivity contribution in [2.45, 2.75) is 35.6 Å². The molecular formula is C30H28ClN5O3S3. The van der Waals surface area contributed by atoms with E-state index in [-0.39, 0.29) is 16.9 Å². The Kier molecular flexibility index (Phi) is 11.6. The number of nitrogens with one attached hydrogen (secondary N) is 3. The first-order valence-electron chi connectivity index (χ1n) is 13.0. The number of hydrogen-bond acceptors (Lipinski definition) is 8. The average Bonchev–Trinajstić information content (AvgIpc) is 3.44. The molecule has 4 rings (SSSR count). The molecule has 216 valence electrons. The highest BCUT2D eigenvalue weighted by molar-refractivity contribution is 8.00. The van der Waals surface area contributed by atoms with Gasteiger partial charge in [-0.1, -0.05) is 73.6 Å². The van der Waals surface area contributed by atoms with Crippen LogP contribution < -0.4 is 16.0 Å². The predicted molar refractivity (Wildman–Crippen MR) is 173 cm³/mol. The number of hydrogen-bond donors (Lipinski definition) is 3. The summed E-state index contributed by atoms with van der Waals surface area (Å²) in [4.78, 5) is 44.4. The monoisotopic (exact) mass is 637 g/mol. The maximum Gasteiger partial charge on any atom is 0.272 e. The van der Waals surface area contributed by atoms with Gasteiger partial charge in [0.15, 0.2) is 0 Å². The first kappa shape index (κ1) is 31.3. The summed E-state index contributed by atoms with van der Waals surface area (Å²) in [5.41, 5.74) is 1.69. The second-order valence-corrected chi connectivity index (χ2v) is 12.4. The van der Waals surface area contributed by atoms with Gasteiger partial charge in [-0.2, -0.15) is 9.36 Å². The number of aromatic nitrogens is 2. The molecule has 0 saturated heterocycles. The van der Waals surface area contributed by atoms with Crippen molar-refractivity contribution in [2.24, 2.45) is 0 Å². The number of halogens is 1. The lowest BCUT2D eigenvalue weighted by molar-refractivity contribution is -0.116. The van der Waals surface area contributed by atoms with Crippen molar-refractivity contribution in [3.63, 3.8) is 0 Å². The maximum atomic E-state index is 13.4. The van der Waals surface area contributed by atoms with Crippen molar-refractivity contribution in [1.29, 1.82) is 0 Å². The van der Waals surface area contributed by atoms with Gasteiger partial charge in [-0.3, -0.25) is 19.7 Å². The zero-order valence-corrected chi connectivity index (χ0v) is 26.0. The summed E-state index contributed by atoms with van der Waals surface area (Å²) < 4.78 is 4.24. The fraction of sp³-hybridized carbons (Fsp3) is 0.167. The standard InChI is InChI=1S/C30H28ClN5O3S3/c1-3-25(28(39)34-29-35-30(36-42-29)40-4-2)41-23-12-8-11-22(18-23)32-27(38)24(17-19-13-15-21(31)16-14-19)33-26(37)20-9-6-5-7-10-20/h5-18,25H,3-4H2,1-2H3,(H,32,38)(H,33,37)(H,34,35,36,39)/b24-17-. The van der Waals surface area contributed by atoms with E-state index in [0.717, 1.165) is 22.2 Å². The Labute approximate surface area is 261 Å².